The summed E-state index contributed by atoms with van der Waals surface area (Å²) in [4.78, 5) is 19.0. The van der Waals surface area contributed by atoms with E-state index in [4.69, 9.17) is 0 Å². The summed E-state index contributed by atoms with van der Waals surface area (Å²) in [7, 11) is 0. The minimum atomic E-state index is -0.272. The third kappa shape index (κ3) is 2.42. The average Bonchev–Trinajstić information content (AvgIpc) is 2.90. The molecular formula is C20H17N3O. The van der Waals surface area contributed by atoms with Crippen molar-refractivity contribution in [2.45, 2.75) is 13.1 Å². The lowest BCUT2D eigenvalue weighted by molar-refractivity contribution is 0.0992. The summed E-state index contributed by atoms with van der Waals surface area (Å²) in [6.07, 6.45) is 1.43. The predicted octanol–water partition coefficient (Wildman–Crippen LogP) is 4.16. The highest BCUT2D eigenvalue weighted by molar-refractivity contribution is 6.10. The van der Waals surface area contributed by atoms with Crippen molar-refractivity contribution < 1.29 is 4.79 Å². The second-order valence-electron chi connectivity index (χ2n) is 5.86. The number of carbonyl (C=O) groups excluding carboxylic acids is 1. The van der Waals surface area contributed by atoms with Gasteiger partial charge in [-0.15, -0.1) is 0 Å². The quantitative estimate of drug-likeness (QED) is 0.789. The number of hydrogen-bond acceptors (Lipinski definition) is 3. The number of anilines is 2. The molecule has 0 saturated carbocycles. The van der Waals surface area contributed by atoms with Crippen LogP contribution in [0, 0.1) is 6.92 Å². The first-order valence-electron chi connectivity index (χ1n) is 7.91. The zero-order chi connectivity index (χ0) is 16.5. The fourth-order valence-electron chi connectivity index (χ4n) is 3.00. The van der Waals surface area contributed by atoms with Gasteiger partial charge in [-0.2, -0.15) is 0 Å². The number of nitrogens with one attached hydrogen (secondary N) is 1. The molecule has 2 aromatic carbocycles. The number of amides is 1. The molecule has 1 N–H and O–H groups in total. The maximum atomic E-state index is 12.9. The van der Waals surface area contributed by atoms with E-state index in [1.807, 2.05) is 54.6 Å². The Bertz CT molecular complexity index is 875. The standard InChI is InChI=1S/C20H17N3O/c1-14-9-11-15(12-10-14)22-19-16-6-2-3-7-17(16)20(24)23(19)18-8-4-5-13-21-18/h2-13,19,22H,1H3/t19-/m1/s1. The normalized spacial score (nSPS) is 16.1. The van der Waals surface area contributed by atoms with E-state index in [9.17, 15) is 4.79 Å². The lowest BCUT2D eigenvalue weighted by atomic mass is 10.1. The van der Waals surface area contributed by atoms with Gasteiger partial charge in [-0.05, 0) is 37.3 Å². The van der Waals surface area contributed by atoms with Crippen LogP contribution < -0.4 is 10.2 Å². The van der Waals surface area contributed by atoms with E-state index >= 15 is 0 Å². The summed E-state index contributed by atoms with van der Waals surface area (Å²) in [5.74, 6) is 0.609. The first kappa shape index (κ1) is 14.5. The van der Waals surface area contributed by atoms with Crippen molar-refractivity contribution in [3.63, 3.8) is 0 Å². The van der Waals surface area contributed by atoms with Gasteiger partial charge in [-0.25, -0.2) is 4.98 Å². The molecule has 1 aliphatic heterocycles. The molecule has 24 heavy (non-hydrogen) atoms. The van der Waals surface area contributed by atoms with Crippen molar-refractivity contribution in [3.8, 4) is 0 Å². The van der Waals surface area contributed by atoms with E-state index in [-0.39, 0.29) is 12.1 Å². The third-order valence-corrected chi connectivity index (χ3v) is 4.21. The van der Waals surface area contributed by atoms with E-state index in [1.54, 1.807) is 11.1 Å². The van der Waals surface area contributed by atoms with Crippen molar-refractivity contribution in [1.29, 1.82) is 0 Å². The van der Waals surface area contributed by atoms with Gasteiger partial charge in [0.2, 0.25) is 0 Å². The Morgan fingerprint density at radius 3 is 2.46 bits per heavy atom. The van der Waals surface area contributed by atoms with Crippen LogP contribution in [0.1, 0.15) is 27.7 Å². The molecule has 1 atom stereocenters. The molecule has 0 radical (unpaired) electrons. The Hall–Kier alpha value is -3.14. The number of rotatable bonds is 3. The monoisotopic (exact) mass is 315 g/mol. The fraction of sp³-hybridized carbons (Fsp3) is 0.100. The Kier molecular flexibility index (Phi) is 3.50. The topological polar surface area (TPSA) is 45.2 Å². The zero-order valence-electron chi connectivity index (χ0n) is 13.3. The smallest absolute Gasteiger partial charge is 0.261 e. The van der Waals surface area contributed by atoms with Crippen molar-refractivity contribution in [2.24, 2.45) is 0 Å². The van der Waals surface area contributed by atoms with Crippen LogP contribution in [0.4, 0.5) is 11.5 Å². The first-order chi connectivity index (χ1) is 11.7. The number of pyridine rings is 1. The van der Waals surface area contributed by atoms with E-state index in [2.05, 4.69) is 29.4 Å². The minimum absolute atomic E-state index is 0.0334. The Morgan fingerprint density at radius 2 is 1.71 bits per heavy atom. The Morgan fingerprint density at radius 1 is 0.958 bits per heavy atom. The predicted molar refractivity (Wildman–Crippen MR) is 95.0 cm³/mol. The van der Waals surface area contributed by atoms with E-state index in [0.717, 1.165) is 11.3 Å². The van der Waals surface area contributed by atoms with E-state index in [0.29, 0.717) is 11.4 Å². The van der Waals surface area contributed by atoms with Crippen LogP contribution in [0.3, 0.4) is 0 Å². The Balaban J connectivity index is 1.77. The SMILES string of the molecule is Cc1ccc(N[C@H]2c3ccccc3C(=O)N2c2ccccn2)cc1. The van der Waals surface area contributed by atoms with Gasteiger partial charge in [0.05, 0.1) is 0 Å². The highest BCUT2D eigenvalue weighted by Crippen LogP contribution is 2.37. The second-order valence-corrected chi connectivity index (χ2v) is 5.86. The molecule has 3 aromatic rings. The first-order valence-corrected chi connectivity index (χ1v) is 7.91. The maximum Gasteiger partial charge on any atom is 0.261 e. The van der Waals surface area contributed by atoms with Crippen LogP contribution in [-0.4, -0.2) is 10.9 Å². The highest BCUT2D eigenvalue weighted by atomic mass is 16.2. The molecule has 1 amide bonds. The molecule has 118 valence electrons. The van der Waals surface area contributed by atoms with Gasteiger partial charge >= 0.3 is 0 Å². The minimum Gasteiger partial charge on any atom is -0.361 e. The van der Waals surface area contributed by atoms with Gasteiger partial charge in [0.15, 0.2) is 0 Å². The van der Waals surface area contributed by atoms with Gasteiger partial charge in [0.25, 0.3) is 5.91 Å². The molecule has 0 bridgehead atoms. The van der Waals surface area contributed by atoms with Gasteiger partial charge in [-0.3, -0.25) is 9.69 Å². The molecule has 4 heteroatoms. The fourth-order valence-corrected chi connectivity index (χ4v) is 3.00. The molecule has 0 fully saturated rings. The molecule has 0 unspecified atom stereocenters. The molecule has 4 nitrogen and oxygen atoms in total. The van der Waals surface area contributed by atoms with Gasteiger partial charge < -0.3 is 5.32 Å². The number of carbonyl (C=O) groups is 1. The summed E-state index contributed by atoms with van der Waals surface area (Å²) < 4.78 is 0. The number of nitrogens with zero attached hydrogens (tertiary/aromatic N) is 2. The largest absolute Gasteiger partial charge is 0.361 e. The van der Waals surface area contributed by atoms with E-state index < -0.39 is 0 Å². The Labute approximate surface area is 140 Å². The summed E-state index contributed by atoms with van der Waals surface area (Å²) in [5.41, 5.74) is 3.85. The van der Waals surface area contributed by atoms with Crippen LogP contribution in [0.5, 0.6) is 0 Å². The van der Waals surface area contributed by atoms with Crippen LogP contribution in [0.25, 0.3) is 0 Å². The van der Waals surface area contributed by atoms with Crippen LogP contribution in [0.2, 0.25) is 0 Å². The van der Waals surface area contributed by atoms with Crippen LogP contribution >= 0.6 is 0 Å². The molecular weight excluding hydrogens is 298 g/mol. The molecule has 0 aliphatic carbocycles. The van der Waals surface area contributed by atoms with Crippen LogP contribution in [0.15, 0.2) is 72.9 Å². The average molecular weight is 315 g/mol. The molecule has 4 rings (SSSR count). The summed E-state index contributed by atoms with van der Waals surface area (Å²) >= 11 is 0. The molecule has 2 heterocycles. The number of hydrogen-bond donors (Lipinski definition) is 1. The van der Waals surface area contributed by atoms with E-state index in [1.165, 1.54) is 5.56 Å². The molecule has 1 aliphatic rings. The number of aromatic nitrogens is 1. The van der Waals surface area contributed by atoms with Gasteiger partial charge in [0, 0.05) is 23.0 Å². The van der Waals surface area contributed by atoms with Gasteiger partial charge in [0.1, 0.15) is 12.0 Å². The maximum absolute atomic E-state index is 12.9. The molecule has 0 saturated heterocycles. The highest BCUT2D eigenvalue weighted by Gasteiger charge is 2.38. The number of benzene rings is 2. The van der Waals surface area contributed by atoms with Crippen LogP contribution in [-0.2, 0) is 0 Å². The number of fused-ring (bicyclic) bond motifs is 1. The lowest BCUT2D eigenvalue weighted by Gasteiger charge is -2.26. The second kappa shape index (κ2) is 5.81. The van der Waals surface area contributed by atoms with Gasteiger partial charge in [-0.1, -0.05) is 42.0 Å². The molecule has 1 aromatic heterocycles. The van der Waals surface area contributed by atoms with Crippen molar-refractivity contribution >= 4 is 17.4 Å². The van der Waals surface area contributed by atoms with Crippen molar-refractivity contribution in [2.75, 3.05) is 10.2 Å². The van der Waals surface area contributed by atoms with Crippen molar-refractivity contribution in [3.05, 3.63) is 89.6 Å². The van der Waals surface area contributed by atoms with Crippen molar-refractivity contribution in [1.82, 2.24) is 4.98 Å². The third-order valence-electron chi connectivity index (χ3n) is 4.21. The molecule has 0 spiro atoms. The summed E-state index contributed by atoms with van der Waals surface area (Å²) in [6.45, 7) is 2.05. The summed E-state index contributed by atoms with van der Waals surface area (Å²) in [6, 6.07) is 21.4. The number of aryl methyl sites for hydroxylation is 1. The lowest BCUT2D eigenvalue weighted by Crippen LogP contribution is -2.32. The summed E-state index contributed by atoms with van der Waals surface area (Å²) in [5, 5.41) is 3.47. The zero-order valence-corrected chi connectivity index (χ0v) is 13.3.